The van der Waals surface area contributed by atoms with Gasteiger partial charge >= 0.3 is 0 Å². The van der Waals surface area contributed by atoms with Crippen LogP contribution < -0.4 is 11.0 Å². The summed E-state index contributed by atoms with van der Waals surface area (Å²) in [5.74, 6) is -0.399. The van der Waals surface area contributed by atoms with Gasteiger partial charge in [0.1, 0.15) is 11.6 Å². The number of aryl methyl sites for hydroxylation is 2. The molecule has 0 aliphatic heterocycles. The Labute approximate surface area is 116 Å². The van der Waals surface area contributed by atoms with Crippen molar-refractivity contribution in [2.75, 3.05) is 5.43 Å². The number of rotatable bonds is 2. The largest absolute Gasteiger partial charge is 0.287 e. The molecule has 1 heterocycles. The number of hydrogen-bond acceptors (Lipinski definition) is 3. The first-order chi connectivity index (χ1) is 9.54. The van der Waals surface area contributed by atoms with E-state index in [9.17, 15) is 9.59 Å². The van der Waals surface area contributed by atoms with Crippen molar-refractivity contribution in [2.24, 2.45) is 0 Å². The molecule has 0 fully saturated rings. The smallest absolute Gasteiger partial charge is 0.267 e. The Kier molecular flexibility index (Phi) is 3.67. The van der Waals surface area contributed by atoms with Gasteiger partial charge in [-0.1, -0.05) is 18.2 Å². The number of amides is 1. The monoisotopic (exact) mass is 267 g/mol. The molecule has 1 aromatic heterocycles. The van der Waals surface area contributed by atoms with Crippen molar-refractivity contribution in [3.63, 3.8) is 0 Å². The van der Waals surface area contributed by atoms with Gasteiger partial charge in [-0.15, -0.1) is 0 Å². The number of hydrogen-bond donors (Lipinski definition) is 1. The first-order valence-electron chi connectivity index (χ1n) is 6.04. The van der Waals surface area contributed by atoms with Crippen molar-refractivity contribution >= 4 is 5.91 Å². The standard InChI is InChI=1S/C15H13N3O2/c1-10-8-11(2)18(15(20)13(10)9-16)17-14(19)12-6-4-3-5-7-12/h3-8H,1-2H3,(H,17,19). The summed E-state index contributed by atoms with van der Waals surface area (Å²) >= 11 is 0. The summed E-state index contributed by atoms with van der Waals surface area (Å²) in [5.41, 5.74) is 3.63. The first kappa shape index (κ1) is 13.6. The fourth-order valence-electron chi connectivity index (χ4n) is 1.92. The maximum Gasteiger partial charge on any atom is 0.287 e. The van der Waals surface area contributed by atoms with E-state index in [2.05, 4.69) is 5.43 Å². The second-order valence-corrected chi connectivity index (χ2v) is 4.40. The van der Waals surface area contributed by atoms with Gasteiger partial charge < -0.3 is 0 Å². The van der Waals surface area contributed by atoms with E-state index < -0.39 is 11.5 Å². The molecule has 0 spiro atoms. The topological polar surface area (TPSA) is 74.9 Å². The average Bonchev–Trinajstić information content (AvgIpc) is 2.44. The van der Waals surface area contributed by atoms with Crippen molar-refractivity contribution in [2.45, 2.75) is 13.8 Å². The predicted molar refractivity (Wildman–Crippen MR) is 75.0 cm³/mol. The predicted octanol–water partition coefficient (Wildman–Crippen LogP) is 1.72. The zero-order valence-corrected chi connectivity index (χ0v) is 11.2. The highest BCUT2D eigenvalue weighted by Crippen LogP contribution is 2.05. The molecule has 0 saturated carbocycles. The lowest BCUT2D eigenvalue weighted by Gasteiger charge is -2.13. The van der Waals surface area contributed by atoms with Crippen LogP contribution in [-0.2, 0) is 0 Å². The van der Waals surface area contributed by atoms with E-state index in [0.29, 0.717) is 16.8 Å². The quantitative estimate of drug-likeness (QED) is 0.900. The first-order valence-corrected chi connectivity index (χ1v) is 6.04. The van der Waals surface area contributed by atoms with Gasteiger partial charge in [-0.3, -0.25) is 15.0 Å². The molecule has 20 heavy (non-hydrogen) atoms. The number of nitrogens with zero attached hydrogens (tertiary/aromatic N) is 2. The summed E-state index contributed by atoms with van der Waals surface area (Å²) in [5, 5.41) is 8.99. The highest BCUT2D eigenvalue weighted by atomic mass is 16.2. The molecule has 0 unspecified atom stereocenters. The Balaban J connectivity index is 2.43. The lowest BCUT2D eigenvalue weighted by Crippen LogP contribution is -2.36. The summed E-state index contributed by atoms with van der Waals surface area (Å²) in [6.07, 6.45) is 0. The Morgan fingerprint density at radius 1 is 1.25 bits per heavy atom. The molecule has 0 saturated heterocycles. The third-order valence-electron chi connectivity index (χ3n) is 2.95. The molecule has 2 aromatic rings. The van der Waals surface area contributed by atoms with Gasteiger partial charge in [-0.25, -0.2) is 4.68 Å². The van der Waals surface area contributed by atoms with Gasteiger partial charge in [0.15, 0.2) is 0 Å². The van der Waals surface area contributed by atoms with Crippen LogP contribution in [0, 0.1) is 25.2 Å². The van der Waals surface area contributed by atoms with Crippen LogP contribution in [0.5, 0.6) is 0 Å². The minimum Gasteiger partial charge on any atom is -0.267 e. The molecule has 2 rings (SSSR count). The number of carbonyl (C=O) groups excluding carboxylic acids is 1. The fourth-order valence-corrected chi connectivity index (χ4v) is 1.92. The molecule has 0 atom stereocenters. The molecule has 1 N–H and O–H groups in total. The van der Waals surface area contributed by atoms with E-state index in [1.54, 1.807) is 50.2 Å². The highest BCUT2D eigenvalue weighted by Gasteiger charge is 2.12. The average molecular weight is 267 g/mol. The second-order valence-electron chi connectivity index (χ2n) is 4.40. The third kappa shape index (κ3) is 2.45. The van der Waals surface area contributed by atoms with Gasteiger partial charge in [0.05, 0.1) is 0 Å². The summed E-state index contributed by atoms with van der Waals surface area (Å²) in [6, 6.07) is 12.1. The number of nitriles is 1. The lowest BCUT2D eigenvalue weighted by atomic mass is 10.1. The van der Waals surface area contributed by atoms with E-state index in [-0.39, 0.29) is 5.56 Å². The zero-order chi connectivity index (χ0) is 14.7. The van der Waals surface area contributed by atoms with Gasteiger partial charge in [0.2, 0.25) is 0 Å². The number of benzene rings is 1. The highest BCUT2D eigenvalue weighted by molar-refractivity contribution is 5.99. The molecule has 5 nitrogen and oxygen atoms in total. The number of aromatic nitrogens is 1. The van der Waals surface area contributed by atoms with E-state index in [0.717, 1.165) is 4.68 Å². The minimum atomic E-state index is -0.519. The maximum absolute atomic E-state index is 12.1. The molecule has 0 bridgehead atoms. The van der Waals surface area contributed by atoms with Crippen LogP contribution in [0.15, 0.2) is 41.2 Å². The van der Waals surface area contributed by atoms with Crippen LogP contribution in [0.25, 0.3) is 0 Å². The summed E-state index contributed by atoms with van der Waals surface area (Å²) in [7, 11) is 0. The van der Waals surface area contributed by atoms with E-state index >= 15 is 0 Å². The third-order valence-corrected chi connectivity index (χ3v) is 2.95. The Morgan fingerprint density at radius 3 is 2.50 bits per heavy atom. The summed E-state index contributed by atoms with van der Waals surface area (Å²) in [4.78, 5) is 24.2. The Hall–Kier alpha value is -2.87. The Bertz CT molecular complexity index is 755. The van der Waals surface area contributed by atoms with Crippen LogP contribution in [0.4, 0.5) is 0 Å². The van der Waals surface area contributed by atoms with Crippen molar-refractivity contribution in [1.82, 2.24) is 4.68 Å². The fraction of sp³-hybridized carbons (Fsp3) is 0.133. The van der Waals surface area contributed by atoms with Crippen molar-refractivity contribution in [3.05, 3.63) is 69.1 Å². The molecule has 0 aliphatic carbocycles. The van der Waals surface area contributed by atoms with Crippen LogP contribution >= 0.6 is 0 Å². The molecule has 1 amide bonds. The molecule has 1 aromatic carbocycles. The van der Waals surface area contributed by atoms with Crippen LogP contribution in [0.3, 0.4) is 0 Å². The molecule has 0 radical (unpaired) electrons. The molecular formula is C15H13N3O2. The molecule has 100 valence electrons. The van der Waals surface area contributed by atoms with E-state index in [1.165, 1.54) is 0 Å². The van der Waals surface area contributed by atoms with Crippen molar-refractivity contribution in [1.29, 1.82) is 5.26 Å². The second kappa shape index (κ2) is 5.41. The van der Waals surface area contributed by atoms with Crippen LogP contribution in [0.2, 0.25) is 0 Å². The number of pyridine rings is 1. The Morgan fingerprint density at radius 2 is 1.90 bits per heavy atom. The zero-order valence-electron chi connectivity index (χ0n) is 11.2. The lowest BCUT2D eigenvalue weighted by molar-refractivity contribution is 0.101. The van der Waals surface area contributed by atoms with Gasteiger partial charge in [0, 0.05) is 11.3 Å². The summed E-state index contributed by atoms with van der Waals surface area (Å²) in [6.45, 7) is 3.39. The minimum absolute atomic E-state index is 0.0314. The SMILES string of the molecule is Cc1cc(C)n(NC(=O)c2ccccc2)c(=O)c1C#N. The van der Waals surface area contributed by atoms with Crippen LogP contribution in [-0.4, -0.2) is 10.6 Å². The van der Waals surface area contributed by atoms with Crippen molar-refractivity contribution in [3.8, 4) is 6.07 Å². The number of nitrogens with one attached hydrogen (secondary N) is 1. The van der Waals surface area contributed by atoms with Crippen molar-refractivity contribution < 1.29 is 4.79 Å². The molecular weight excluding hydrogens is 254 g/mol. The van der Waals surface area contributed by atoms with E-state index in [4.69, 9.17) is 5.26 Å². The normalized spacial score (nSPS) is 9.85. The van der Waals surface area contributed by atoms with Crippen LogP contribution in [0.1, 0.15) is 27.2 Å². The van der Waals surface area contributed by atoms with E-state index in [1.807, 2.05) is 6.07 Å². The van der Waals surface area contributed by atoms with Gasteiger partial charge in [-0.2, -0.15) is 5.26 Å². The van der Waals surface area contributed by atoms with Gasteiger partial charge in [0.25, 0.3) is 11.5 Å². The van der Waals surface area contributed by atoms with Gasteiger partial charge in [-0.05, 0) is 37.6 Å². The summed E-state index contributed by atoms with van der Waals surface area (Å²) < 4.78 is 1.10. The molecule has 5 heteroatoms. The number of carbonyl (C=O) groups is 1. The molecule has 0 aliphatic rings. The maximum atomic E-state index is 12.1.